The van der Waals surface area contributed by atoms with Crippen LogP contribution in [0.1, 0.15) is 18.5 Å². The highest BCUT2D eigenvalue weighted by molar-refractivity contribution is 6.43. The summed E-state index contributed by atoms with van der Waals surface area (Å²) in [6, 6.07) is 19.9. The molecule has 0 bridgehead atoms. The molecule has 0 heterocycles. The summed E-state index contributed by atoms with van der Waals surface area (Å²) in [4.78, 5) is 12.2. The van der Waals surface area contributed by atoms with Gasteiger partial charge in [-0.1, -0.05) is 71.7 Å². The number of carbonyl (C=O) groups excluding carboxylic acids is 1. The number of benzene rings is 3. The van der Waals surface area contributed by atoms with Crippen LogP contribution < -0.4 is 10.6 Å². The third kappa shape index (κ3) is 4.13. The molecule has 0 unspecified atom stereocenters. The maximum Gasteiger partial charge on any atom is 0.279 e. The predicted molar refractivity (Wildman–Crippen MR) is 104 cm³/mol. The summed E-state index contributed by atoms with van der Waals surface area (Å²) in [6.45, 7) is 2.40. The van der Waals surface area contributed by atoms with Crippen LogP contribution in [0.25, 0.3) is 10.8 Å². The van der Waals surface area contributed by atoms with Crippen LogP contribution in [-0.4, -0.2) is 12.5 Å². The molecule has 3 aromatic rings. The first kappa shape index (κ1) is 17.7. The molecule has 0 radical (unpaired) electrons. The second-order valence-corrected chi connectivity index (χ2v) is 6.73. The van der Waals surface area contributed by atoms with E-state index in [9.17, 15) is 4.79 Å². The predicted octanol–water partition coefficient (Wildman–Crippen LogP) is 4.41. The van der Waals surface area contributed by atoms with Gasteiger partial charge < -0.3 is 10.6 Å². The molecule has 1 amide bonds. The number of fused-ring (bicyclic) bond motifs is 1. The molecule has 0 aromatic heterocycles. The van der Waals surface area contributed by atoms with Crippen LogP contribution in [0, 0.1) is 0 Å². The van der Waals surface area contributed by atoms with Gasteiger partial charge in [0.1, 0.15) is 6.04 Å². The maximum absolute atomic E-state index is 12.2. The number of hydrogen-bond acceptors (Lipinski definition) is 1. The Labute approximate surface area is 156 Å². The minimum absolute atomic E-state index is 0.115. The molecule has 3 aromatic carbocycles. The van der Waals surface area contributed by atoms with Crippen molar-refractivity contribution in [3.63, 3.8) is 0 Å². The first-order chi connectivity index (χ1) is 12.1. The van der Waals surface area contributed by atoms with E-state index in [4.69, 9.17) is 23.2 Å². The minimum atomic E-state index is -0.115. The SMILES string of the molecule is C[C@H]([NH2+]CC(=O)Nc1cccc(Cl)c1Cl)c1cccc2ccccc12. The van der Waals surface area contributed by atoms with Gasteiger partial charge in [-0.25, -0.2) is 0 Å². The maximum atomic E-state index is 12.2. The third-order valence-electron chi connectivity index (χ3n) is 4.20. The number of quaternary nitrogens is 1. The average molecular weight is 374 g/mol. The molecule has 3 N–H and O–H groups in total. The van der Waals surface area contributed by atoms with Gasteiger partial charge in [0.25, 0.3) is 5.91 Å². The van der Waals surface area contributed by atoms with Crippen molar-refractivity contribution in [2.75, 3.05) is 11.9 Å². The molecule has 128 valence electrons. The van der Waals surface area contributed by atoms with Crippen LogP contribution in [-0.2, 0) is 4.79 Å². The molecule has 3 nitrogen and oxygen atoms in total. The zero-order valence-corrected chi connectivity index (χ0v) is 15.3. The quantitative estimate of drug-likeness (QED) is 0.683. The van der Waals surface area contributed by atoms with Gasteiger partial charge in [-0.05, 0) is 29.8 Å². The summed E-state index contributed by atoms with van der Waals surface area (Å²) in [5.74, 6) is -0.115. The van der Waals surface area contributed by atoms with Crippen molar-refractivity contribution in [3.8, 4) is 0 Å². The molecule has 0 spiro atoms. The second kappa shape index (κ2) is 7.87. The van der Waals surface area contributed by atoms with E-state index in [0.717, 1.165) is 0 Å². The number of halogens is 2. The van der Waals surface area contributed by atoms with E-state index < -0.39 is 0 Å². The van der Waals surface area contributed by atoms with Gasteiger partial charge in [0.05, 0.1) is 15.7 Å². The van der Waals surface area contributed by atoms with E-state index in [1.807, 2.05) is 23.5 Å². The standard InChI is InChI=1S/C20H18Cl2N2O/c1-13(15-9-4-7-14-6-2-3-8-16(14)15)23-12-19(25)24-18-11-5-10-17(21)20(18)22/h2-11,13,23H,12H2,1H3,(H,24,25)/p+1/t13-/m0/s1. The van der Waals surface area contributed by atoms with Gasteiger partial charge >= 0.3 is 0 Å². The Bertz CT molecular complexity index is 906. The van der Waals surface area contributed by atoms with Crippen LogP contribution >= 0.6 is 23.2 Å². The lowest BCUT2D eigenvalue weighted by Crippen LogP contribution is -2.86. The first-order valence-electron chi connectivity index (χ1n) is 8.11. The summed E-state index contributed by atoms with van der Waals surface area (Å²) in [6.07, 6.45) is 0. The van der Waals surface area contributed by atoms with Crippen LogP contribution in [0.15, 0.2) is 60.7 Å². The van der Waals surface area contributed by atoms with Crippen molar-refractivity contribution in [1.82, 2.24) is 0 Å². The zero-order chi connectivity index (χ0) is 17.8. The summed E-state index contributed by atoms with van der Waals surface area (Å²) < 4.78 is 0. The van der Waals surface area contributed by atoms with E-state index in [0.29, 0.717) is 22.3 Å². The van der Waals surface area contributed by atoms with Crippen molar-refractivity contribution in [2.24, 2.45) is 0 Å². The van der Waals surface area contributed by atoms with Gasteiger partial charge in [0.2, 0.25) is 0 Å². The normalized spacial score (nSPS) is 12.1. The van der Waals surface area contributed by atoms with Crippen LogP contribution in [0.2, 0.25) is 10.0 Å². The molecule has 0 fully saturated rings. The van der Waals surface area contributed by atoms with Crippen molar-refractivity contribution in [3.05, 3.63) is 76.3 Å². The van der Waals surface area contributed by atoms with E-state index in [-0.39, 0.29) is 11.9 Å². The Morgan fingerprint density at radius 2 is 1.76 bits per heavy atom. The lowest BCUT2D eigenvalue weighted by molar-refractivity contribution is -0.682. The lowest BCUT2D eigenvalue weighted by Gasteiger charge is -2.14. The summed E-state index contributed by atoms with van der Waals surface area (Å²) in [5, 5.41) is 8.02. The van der Waals surface area contributed by atoms with Gasteiger partial charge in [-0.3, -0.25) is 4.79 Å². The summed E-state index contributed by atoms with van der Waals surface area (Å²) in [5.41, 5.74) is 1.75. The molecule has 0 saturated heterocycles. The Morgan fingerprint density at radius 1 is 1.04 bits per heavy atom. The second-order valence-electron chi connectivity index (χ2n) is 5.95. The largest absolute Gasteiger partial charge is 0.332 e. The molecule has 25 heavy (non-hydrogen) atoms. The van der Waals surface area contributed by atoms with Crippen LogP contribution in [0.4, 0.5) is 5.69 Å². The highest BCUT2D eigenvalue weighted by Gasteiger charge is 2.15. The Kier molecular flexibility index (Phi) is 5.59. The van der Waals surface area contributed by atoms with Gasteiger partial charge in [-0.2, -0.15) is 0 Å². The molecule has 0 aliphatic heterocycles. The number of nitrogens with two attached hydrogens (primary N) is 1. The Morgan fingerprint density at radius 3 is 2.60 bits per heavy atom. The molecule has 0 aliphatic rings. The van der Waals surface area contributed by atoms with Gasteiger partial charge in [0.15, 0.2) is 6.54 Å². The molecule has 5 heteroatoms. The summed E-state index contributed by atoms with van der Waals surface area (Å²) in [7, 11) is 0. The van der Waals surface area contributed by atoms with Crippen molar-refractivity contribution in [2.45, 2.75) is 13.0 Å². The molecular weight excluding hydrogens is 355 g/mol. The van der Waals surface area contributed by atoms with Crippen LogP contribution in [0.5, 0.6) is 0 Å². The Balaban J connectivity index is 1.66. The molecular formula is C20H19Cl2N2O+. The van der Waals surface area contributed by atoms with E-state index in [2.05, 4.69) is 36.5 Å². The number of carbonyl (C=O) groups is 1. The van der Waals surface area contributed by atoms with Crippen LogP contribution in [0.3, 0.4) is 0 Å². The van der Waals surface area contributed by atoms with E-state index >= 15 is 0 Å². The zero-order valence-electron chi connectivity index (χ0n) is 13.8. The van der Waals surface area contributed by atoms with Gasteiger partial charge in [-0.15, -0.1) is 0 Å². The van der Waals surface area contributed by atoms with Crippen molar-refractivity contribution in [1.29, 1.82) is 0 Å². The topological polar surface area (TPSA) is 45.7 Å². The number of anilines is 1. The third-order valence-corrected chi connectivity index (χ3v) is 5.02. The highest BCUT2D eigenvalue weighted by Crippen LogP contribution is 2.29. The fraction of sp³-hybridized carbons (Fsp3) is 0.150. The Hall–Kier alpha value is -2.07. The molecule has 1 atom stereocenters. The molecule has 0 saturated carbocycles. The van der Waals surface area contributed by atoms with E-state index in [1.165, 1.54) is 16.3 Å². The fourth-order valence-corrected chi connectivity index (χ4v) is 3.21. The van der Waals surface area contributed by atoms with Crippen molar-refractivity contribution < 1.29 is 10.1 Å². The summed E-state index contributed by atoms with van der Waals surface area (Å²) >= 11 is 12.1. The molecule has 0 aliphatic carbocycles. The number of rotatable bonds is 5. The van der Waals surface area contributed by atoms with Crippen molar-refractivity contribution >= 4 is 45.6 Å². The fourth-order valence-electron chi connectivity index (χ4n) is 2.86. The monoisotopic (exact) mass is 373 g/mol. The number of hydrogen-bond donors (Lipinski definition) is 2. The van der Waals surface area contributed by atoms with Gasteiger partial charge in [0, 0.05) is 5.56 Å². The smallest absolute Gasteiger partial charge is 0.279 e. The number of amides is 1. The first-order valence-corrected chi connectivity index (χ1v) is 8.86. The average Bonchev–Trinajstić information content (AvgIpc) is 2.63. The highest BCUT2D eigenvalue weighted by atomic mass is 35.5. The van der Waals surface area contributed by atoms with E-state index in [1.54, 1.807) is 18.2 Å². The number of nitrogens with one attached hydrogen (secondary N) is 1. The lowest BCUT2D eigenvalue weighted by atomic mass is 10.00. The minimum Gasteiger partial charge on any atom is -0.332 e. The molecule has 3 rings (SSSR count).